The van der Waals surface area contributed by atoms with Gasteiger partial charge in [0.2, 0.25) is 0 Å². The largest absolute Gasteiger partial charge is 0.376 e. The fourth-order valence-corrected chi connectivity index (χ4v) is 2.62. The summed E-state index contributed by atoms with van der Waals surface area (Å²) < 4.78 is 5.56. The Morgan fingerprint density at radius 1 is 1.50 bits per heavy atom. The molecule has 3 rings (SSSR count). The first-order chi connectivity index (χ1) is 9.74. The van der Waals surface area contributed by atoms with Crippen LogP contribution in [-0.4, -0.2) is 40.2 Å². The van der Waals surface area contributed by atoms with Crippen molar-refractivity contribution in [1.29, 1.82) is 0 Å². The van der Waals surface area contributed by atoms with Crippen molar-refractivity contribution in [3.63, 3.8) is 0 Å². The molecule has 2 fully saturated rings. The molecule has 0 spiro atoms. The van der Waals surface area contributed by atoms with Crippen molar-refractivity contribution < 1.29 is 9.53 Å². The summed E-state index contributed by atoms with van der Waals surface area (Å²) in [4.78, 5) is 17.9. The molecule has 1 amide bonds. The lowest BCUT2D eigenvalue weighted by atomic mass is 10.2. The summed E-state index contributed by atoms with van der Waals surface area (Å²) in [5.74, 6) is -0.0951. The van der Waals surface area contributed by atoms with Crippen molar-refractivity contribution in [3.05, 3.63) is 35.8 Å². The zero-order chi connectivity index (χ0) is 13.9. The molecule has 6 heteroatoms. The van der Waals surface area contributed by atoms with Gasteiger partial charge < -0.3 is 10.1 Å². The summed E-state index contributed by atoms with van der Waals surface area (Å²) in [6, 6.07) is 3.68. The van der Waals surface area contributed by atoms with Gasteiger partial charge in [-0.3, -0.25) is 14.7 Å². The molecule has 1 aromatic heterocycles. The van der Waals surface area contributed by atoms with Gasteiger partial charge in [0.1, 0.15) is 5.70 Å². The Morgan fingerprint density at radius 3 is 3.00 bits per heavy atom. The van der Waals surface area contributed by atoms with Gasteiger partial charge >= 0.3 is 0 Å². The predicted molar refractivity (Wildman–Crippen MR) is 78.6 cm³/mol. The number of nitrogens with zero attached hydrogens (tertiary/aromatic N) is 2. The molecule has 2 aliphatic rings. The predicted octanol–water partition coefficient (Wildman–Crippen LogP) is 1.32. The molecule has 0 aliphatic carbocycles. The number of pyridine rings is 1. The van der Waals surface area contributed by atoms with Crippen LogP contribution in [0.4, 0.5) is 0 Å². The molecule has 2 aliphatic heterocycles. The van der Waals surface area contributed by atoms with Crippen molar-refractivity contribution in [2.45, 2.75) is 18.9 Å². The Hall–Kier alpha value is -1.79. The Bertz CT molecular complexity index is 553. The molecule has 104 valence electrons. The van der Waals surface area contributed by atoms with Gasteiger partial charge in [-0.25, -0.2) is 0 Å². The number of thiocarbonyl (C=S) groups is 1. The summed E-state index contributed by atoms with van der Waals surface area (Å²) in [6.45, 7) is 1.30. The summed E-state index contributed by atoms with van der Waals surface area (Å²) in [5.41, 5.74) is 1.41. The van der Waals surface area contributed by atoms with Crippen LogP contribution < -0.4 is 5.32 Å². The average Bonchev–Trinajstić information content (AvgIpc) is 3.05. The number of carbonyl (C=O) groups is 1. The fourth-order valence-electron chi connectivity index (χ4n) is 2.36. The van der Waals surface area contributed by atoms with Gasteiger partial charge in [-0.15, -0.1) is 0 Å². The number of nitrogens with one attached hydrogen (secondary N) is 1. The van der Waals surface area contributed by atoms with Crippen molar-refractivity contribution >= 4 is 29.3 Å². The highest BCUT2D eigenvalue weighted by atomic mass is 32.1. The third-order valence-corrected chi connectivity index (χ3v) is 3.71. The number of ether oxygens (including phenoxy) is 1. The van der Waals surface area contributed by atoms with Crippen LogP contribution in [0.2, 0.25) is 0 Å². The quantitative estimate of drug-likeness (QED) is 0.672. The molecule has 0 radical (unpaired) electrons. The molecule has 5 nitrogen and oxygen atoms in total. The maximum Gasteiger partial charge on any atom is 0.276 e. The normalized spacial score (nSPS) is 24.5. The zero-order valence-electron chi connectivity index (χ0n) is 10.9. The van der Waals surface area contributed by atoms with Crippen molar-refractivity contribution in [1.82, 2.24) is 15.2 Å². The monoisotopic (exact) mass is 289 g/mol. The smallest absolute Gasteiger partial charge is 0.276 e. The maximum atomic E-state index is 12.3. The Kier molecular flexibility index (Phi) is 3.75. The van der Waals surface area contributed by atoms with Gasteiger partial charge in [0.25, 0.3) is 5.91 Å². The lowest BCUT2D eigenvalue weighted by molar-refractivity contribution is -0.123. The number of amides is 1. The van der Waals surface area contributed by atoms with E-state index in [0.717, 1.165) is 25.0 Å². The second-order valence-corrected chi connectivity index (χ2v) is 5.21. The van der Waals surface area contributed by atoms with Gasteiger partial charge in [0.15, 0.2) is 5.11 Å². The standard InChI is InChI=1S/C14H15N3O2S/c18-13-12(8-10-3-5-15-6-4-10)16-14(20)17(13)9-11-2-1-7-19-11/h3-6,8,11H,1-2,7,9H2,(H,16,20)/b12-8+. The SMILES string of the molecule is O=C1/C(=C\c2ccncc2)NC(=S)N1CC1CCCO1. The van der Waals surface area contributed by atoms with Crippen LogP contribution in [0.15, 0.2) is 30.2 Å². The van der Waals surface area contributed by atoms with Crippen LogP contribution in [-0.2, 0) is 9.53 Å². The van der Waals surface area contributed by atoms with Gasteiger partial charge in [-0.05, 0) is 48.8 Å². The molecule has 3 heterocycles. The Balaban J connectivity index is 1.74. The lowest BCUT2D eigenvalue weighted by Gasteiger charge is -2.18. The number of hydrogen-bond donors (Lipinski definition) is 1. The molecule has 1 atom stereocenters. The number of rotatable bonds is 3. The van der Waals surface area contributed by atoms with E-state index in [2.05, 4.69) is 10.3 Å². The van der Waals surface area contributed by atoms with E-state index < -0.39 is 0 Å². The van der Waals surface area contributed by atoms with Crippen molar-refractivity contribution in [2.75, 3.05) is 13.2 Å². The summed E-state index contributed by atoms with van der Waals surface area (Å²) in [6.07, 6.45) is 7.29. The van der Waals surface area contributed by atoms with E-state index in [0.29, 0.717) is 17.4 Å². The first-order valence-electron chi connectivity index (χ1n) is 6.60. The van der Waals surface area contributed by atoms with E-state index in [4.69, 9.17) is 17.0 Å². The molecule has 20 heavy (non-hydrogen) atoms. The highest BCUT2D eigenvalue weighted by Gasteiger charge is 2.33. The molecule has 0 aromatic carbocycles. The van der Waals surface area contributed by atoms with Crippen molar-refractivity contribution in [3.8, 4) is 0 Å². The Morgan fingerprint density at radius 2 is 2.30 bits per heavy atom. The van der Waals surface area contributed by atoms with E-state index >= 15 is 0 Å². The third kappa shape index (κ3) is 2.71. The minimum Gasteiger partial charge on any atom is -0.376 e. The van der Waals surface area contributed by atoms with Crippen LogP contribution in [0, 0.1) is 0 Å². The molecule has 1 aromatic rings. The van der Waals surface area contributed by atoms with Crippen molar-refractivity contribution in [2.24, 2.45) is 0 Å². The van der Waals surface area contributed by atoms with Gasteiger partial charge in [-0.2, -0.15) is 0 Å². The van der Waals surface area contributed by atoms with Crippen LogP contribution >= 0.6 is 12.2 Å². The molecule has 0 saturated carbocycles. The second-order valence-electron chi connectivity index (χ2n) is 4.82. The van der Waals surface area contributed by atoms with E-state index in [-0.39, 0.29) is 12.0 Å². The van der Waals surface area contributed by atoms with Gasteiger partial charge in [-0.1, -0.05) is 0 Å². The van der Waals surface area contributed by atoms with Crippen LogP contribution in [0.25, 0.3) is 6.08 Å². The number of hydrogen-bond acceptors (Lipinski definition) is 4. The van der Waals surface area contributed by atoms with Crippen LogP contribution in [0.1, 0.15) is 18.4 Å². The highest BCUT2D eigenvalue weighted by Crippen LogP contribution is 2.18. The van der Waals surface area contributed by atoms with E-state index in [9.17, 15) is 4.79 Å². The lowest BCUT2D eigenvalue weighted by Crippen LogP contribution is -2.37. The molecule has 1 unspecified atom stereocenters. The summed E-state index contributed by atoms with van der Waals surface area (Å²) in [7, 11) is 0. The molecular weight excluding hydrogens is 274 g/mol. The van der Waals surface area contributed by atoms with E-state index in [1.54, 1.807) is 23.4 Å². The molecular formula is C14H15N3O2S. The first-order valence-corrected chi connectivity index (χ1v) is 7.01. The van der Waals surface area contributed by atoms with Gasteiger partial charge in [0, 0.05) is 19.0 Å². The molecule has 1 N–H and O–H groups in total. The van der Waals surface area contributed by atoms with Crippen LogP contribution in [0.5, 0.6) is 0 Å². The van der Waals surface area contributed by atoms with E-state index in [1.807, 2.05) is 12.1 Å². The molecule has 0 bridgehead atoms. The summed E-state index contributed by atoms with van der Waals surface area (Å²) >= 11 is 5.23. The Labute approximate surface area is 122 Å². The van der Waals surface area contributed by atoms with Gasteiger partial charge in [0.05, 0.1) is 12.6 Å². The minimum absolute atomic E-state index is 0.0951. The zero-order valence-corrected chi connectivity index (χ0v) is 11.7. The average molecular weight is 289 g/mol. The van der Waals surface area contributed by atoms with E-state index in [1.165, 1.54) is 0 Å². The minimum atomic E-state index is -0.0951. The highest BCUT2D eigenvalue weighted by molar-refractivity contribution is 7.80. The topological polar surface area (TPSA) is 54.5 Å². The van der Waals surface area contributed by atoms with Crippen LogP contribution in [0.3, 0.4) is 0 Å². The fraction of sp³-hybridized carbons (Fsp3) is 0.357. The second kappa shape index (κ2) is 5.68. The summed E-state index contributed by atoms with van der Waals surface area (Å²) in [5, 5.41) is 3.42. The first kappa shape index (κ1) is 13.2. The third-order valence-electron chi connectivity index (χ3n) is 3.39. The maximum absolute atomic E-state index is 12.3. The molecule has 2 saturated heterocycles. The number of aromatic nitrogens is 1. The number of carbonyl (C=O) groups excluding carboxylic acids is 1.